The average molecular weight is 189 g/mol. The van der Waals surface area contributed by atoms with Gasteiger partial charge in [0.2, 0.25) is 0 Å². The Kier molecular flexibility index (Phi) is 2.87. The molecule has 14 heavy (non-hydrogen) atoms. The summed E-state index contributed by atoms with van der Waals surface area (Å²) in [6.07, 6.45) is 2.37. The lowest BCUT2D eigenvalue weighted by atomic mass is 9.95. The second-order valence-corrected chi connectivity index (χ2v) is 4.53. The van der Waals surface area contributed by atoms with Crippen LogP contribution in [-0.4, -0.2) is 12.6 Å². The minimum atomic E-state index is 0.652. The zero-order valence-corrected chi connectivity index (χ0v) is 9.09. The van der Waals surface area contributed by atoms with E-state index in [0.29, 0.717) is 6.04 Å². The Hall–Kier alpha value is -0.820. The van der Waals surface area contributed by atoms with E-state index >= 15 is 0 Å². The van der Waals surface area contributed by atoms with Crippen molar-refractivity contribution in [3.8, 4) is 0 Å². The largest absolute Gasteiger partial charge is 0.313 e. The predicted molar refractivity (Wildman–Crippen MR) is 60.5 cm³/mol. The van der Waals surface area contributed by atoms with Gasteiger partial charge in [-0.1, -0.05) is 38.1 Å². The van der Waals surface area contributed by atoms with Crippen LogP contribution in [0.4, 0.5) is 0 Å². The van der Waals surface area contributed by atoms with Crippen molar-refractivity contribution >= 4 is 0 Å². The van der Waals surface area contributed by atoms with Crippen LogP contribution in [0.2, 0.25) is 0 Å². The molecule has 0 bridgehead atoms. The number of hydrogen-bond acceptors (Lipinski definition) is 1. The van der Waals surface area contributed by atoms with Crippen LogP contribution in [0.15, 0.2) is 24.3 Å². The molecule has 1 heteroatoms. The third-order valence-electron chi connectivity index (χ3n) is 3.16. The summed E-state index contributed by atoms with van der Waals surface area (Å²) in [6.45, 7) is 5.72. The van der Waals surface area contributed by atoms with Crippen molar-refractivity contribution in [3.63, 3.8) is 0 Å². The fourth-order valence-corrected chi connectivity index (χ4v) is 2.17. The molecule has 1 heterocycles. The van der Waals surface area contributed by atoms with Crippen molar-refractivity contribution in [1.29, 1.82) is 0 Å². The second-order valence-electron chi connectivity index (χ2n) is 4.53. The van der Waals surface area contributed by atoms with Gasteiger partial charge in [-0.2, -0.15) is 0 Å². The smallest absolute Gasteiger partial charge is 0.0131 e. The van der Waals surface area contributed by atoms with Crippen LogP contribution in [0, 0.1) is 5.92 Å². The van der Waals surface area contributed by atoms with Crippen LogP contribution in [0.3, 0.4) is 0 Å². The second kappa shape index (κ2) is 4.14. The zero-order valence-electron chi connectivity index (χ0n) is 9.09. The van der Waals surface area contributed by atoms with Gasteiger partial charge in [0, 0.05) is 6.04 Å². The minimum Gasteiger partial charge on any atom is -0.313 e. The first-order valence-corrected chi connectivity index (χ1v) is 5.57. The van der Waals surface area contributed by atoms with Gasteiger partial charge in [-0.05, 0) is 36.4 Å². The summed E-state index contributed by atoms with van der Waals surface area (Å²) in [5.74, 6) is 0.723. The highest BCUT2D eigenvalue weighted by Crippen LogP contribution is 2.18. The highest BCUT2D eigenvalue weighted by Gasteiger charge is 2.17. The van der Waals surface area contributed by atoms with Crippen molar-refractivity contribution in [2.75, 3.05) is 6.54 Å². The number of benzene rings is 1. The Morgan fingerprint density at radius 2 is 1.93 bits per heavy atom. The predicted octanol–water partition coefficient (Wildman–Crippen LogP) is 2.40. The Bertz CT molecular complexity index is 304. The molecule has 2 rings (SSSR count). The van der Waals surface area contributed by atoms with Crippen molar-refractivity contribution in [1.82, 2.24) is 5.32 Å². The maximum atomic E-state index is 3.63. The van der Waals surface area contributed by atoms with Gasteiger partial charge in [0.15, 0.2) is 0 Å². The lowest BCUT2D eigenvalue weighted by molar-refractivity contribution is 0.408. The molecule has 0 fully saturated rings. The fourth-order valence-electron chi connectivity index (χ4n) is 2.17. The van der Waals surface area contributed by atoms with Crippen molar-refractivity contribution < 1.29 is 0 Å². The Balaban J connectivity index is 2.22. The zero-order chi connectivity index (χ0) is 9.97. The van der Waals surface area contributed by atoms with E-state index in [0.717, 1.165) is 12.5 Å². The molecule has 1 aromatic rings. The molecule has 1 unspecified atom stereocenters. The van der Waals surface area contributed by atoms with Crippen LogP contribution in [-0.2, 0) is 12.8 Å². The molecular formula is C13H19N. The van der Waals surface area contributed by atoms with Gasteiger partial charge in [-0.3, -0.25) is 0 Å². The molecule has 1 nitrogen and oxygen atoms in total. The van der Waals surface area contributed by atoms with Crippen molar-refractivity contribution in [2.45, 2.75) is 32.7 Å². The number of rotatable bonds is 1. The summed E-state index contributed by atoms with van der Waals surface area (Å²) in [6, 6.07) is 9.49. The summed E-state index contributed by atoms with van der Waals surface area (Å²) in [5.41, 5.74) is 3.07. The standard InChI is InChI=1S/C13H19N/c1-10(2)13-9-12-6-4-3-5-11(12)7-8-14-13/h3-6,10,13-14H,7-9H2,1-2H3. The molecule has 1 atom stereocenters. The van der Waals surface area contributed by atoms with Crippen LogP contribution < -0.4 is 5.32 Å². The van der Waals surface area contributed by atoms with Crippen LogP contribution >= 0.6 is 0 Å². The van der Waals surface area contributed by atoms with Gasteiger partial charge in [-0.25, -0.2) is 0 Å². The Labute approximate surface area is 86.5 Å². The van der Waals surface area contributed by atoms with Crippen LogP contribution in [0.1, 0.15) is 25.0 Å². The molecule has 0 aliphatic carbocycles. The first-order chi connectivity index (χ1) is 6.77. The number of hydrogen-bond donors (Lipinski definition) is 1. The van der Waals surface area contributed by atoms with Crippen molar-refractivity contribution in [3.05, 3.63) is 35.4 Å². The lowest BCUT2D eigenvalue weighted by Gasteiger charge is -2.20. The first-order valence-electron chi connectivity index (χ1n) is 5.57. The van der Waals surface area contributed by atoms with Gasteiger partial charge < -0.3 is 5.32 Å². The molecule has 0 saturated heterocycles. The summed E-state index contributed by atoms with van der Waals surface area (Å²) in [7, 11) is 0. The highest BCUT2D eigenvalue weighted by molar-refractivity contribution is 5.29. The summed E-state index contributed by atoms with van der Waals surface area (Å²) in [4.78, 5) is 0. The molecule has 0 radical (unpaired) electrons. The molecule has 1 N–H and O–H groups in total. The Morgan fingerprint density at radius 1 is 1.21 bits per heavy atom. The summed E-state index contributed by atoms with van der Waals surface area (Å²) in [5, 5.41) is 3.63. The van der Waals surface area contributed by atoms with E-state index in [-0.39, 0.29) is 0 Å². The maximum Gasteiger partial charge on any atom is 0.0131 e. The SMILES string of the molecule is CC(C)C1Cc2ccccc2CCN1. The van der Waals surface area contributed by atoms with Gasteiger partial charge in [0.1, 0.15) is 0 Å². The minimum absolute atomic E-state index is 0.652. The third-order valence-corrected chi connectivity index (χ3v) is 3.16. The highest BCUT2D eigenvalue weighted by atomic mass is 14.9. The van der Waals surface area contributed by atoms with E-state index in [1.54, 1.807) is 0 Å². The van der Waals surface area contributed by atoms with E-state index < -0.39 is 0 Å². The van der Waals surface area contributed by atoms with Gasteiger partial charge in [0.05, 0.1) is 0 Å². The maximum absolute atomic E-state index is 3.63. The molecule has 1 aliphatic rings. The first kappa shape index (κ1) is 9.72. The third kappa shape index (κ3) is 1.98. The molecule has 0 spiro atoms. The van der Waals surface area contributed by atoms with E-state index in [4.69, 9.17) is 0 Å². The van der Waals surface area contributed by atoms with E-state index in [2.05, 4.69) is 43.4 Å². The van der Waals surface area contributed by atoms with E-state index in [1.807, 2.05) is 0 Å². The van der Waals surface area contributed by atoms with Gasteiger partial charge in [-0.15, -0.1) is 0 Å². The quantitative estimate of drug-likeness (QED) is 0.715. The summed E-state index contributed by atoms with van der Waals surface area (Å²) >= 11 is 0. The normalized spacial score (nSPS) is 21.8. The van der Waals surface area contributed by atoms with E-state index in [9.17, 15) is 0 Å². The number of nitrogens with one attached hydrogen (secondary N) is 1. The monoisotopic (exact) mass is 189 g/mol. The van der Waals surface area contributed by atoms with Crippen molar-refractivity contribution in [2.24, 2.45) is 5.92 Å². The van der Waals surface area contributed by atoms with Crippen LogP contribution in [0.5, 0.6) is 0 Å². The number of fused-ring (bicyclic) bond motifs is 1. The molecule has 0 aromatic heterocycles. The lowest BCUT2D eigenvalue weighted by Crippen LogP contribution is -2.35. The molecule has 1 aliphatic heterocycles. The van der Waals surface area contributed by atoms with E-state index in [1.165, 1.54) is 24.0 Å². The van der Waals surface area contributed by atoms with Gasteiger partial charge >= 0.3 is 0 Å². The van der Waals surface area contributed by atoms with Crippen LogP contribution in [0.25, 0.3) is 0 Å². The molecule has 0 amide bonds. The molecular weight excluding hydrogens is 170 g/mol. The Morgan fingerprint density at radius 3 is 2.64 bits per heavy atom. The molecule has 76 valence electrons. The fraction of sp³-hybridized carbons (Fsp3) is 0.538. The molecule has 0 saturated carbocycles. The summed E-state index contributed by atoms with van der Waals surface area (Å²) < 4.78 is 0. The van der Waals surface area contributed by atoms with Gasteiger partial charge in [0.25, 0.3) is 0 Å². The topological polar surface area (TPSA) is 12.0 Å². The average Bonchev–Trinajstić information content (AvgIpc) is 2.39. The molecule has 1 aromatic carbocycles.